The standard InChI is InChI=1S/C15H31N3/c1-4-7-15(8-9-16-12-15)13-18(3)14-6-5-10-17(2)11-14/h14,16H,4-13H2,1-3H3. The summed E-state index contributed by atoms with van der Waals surface area (Å²) >= 11 is 0. The Balaban J connectivity index is 1.89. The van der Waals surface area contributed by atoms with Gasteiger partial charge in [-0.15, -0.1) is 0 Å². The van der Waals surface area contributed by atoms with Crippen molar-refractivity contribution in [3.05, 3.63) is 0 Å². The minimum absolute atomic E-state index is 0.555. The van der Waals surface area contributed by atoms with Crippen molar-refractivity contribution in [2.45, 2.75) is 45.1 Å². The summed E-state index contributed by atoms with van der Waals surface area (Å²) in [5, 5.41) is 3.58. The zero-order valence-electron chi connectivity index (χ0n) is 12.5. The Labute approximate surface area is 113 Å². The van der Waals surface area contributed by atoms with Gasteiger partial charge in [-0.3, -0.25) is 0 Å². The number of piperidine rings is 1. The van der Waals surface area contributed by atoms with Crippen LogP contribution in [0.4, 0.5) is 0 Å². The van der Waals surface area contributed by atoms with Gasteiger partial charge in [0, 0.05) is 25.7 Å². The third-order valence-corrected chi connectivity index (χ3v) is 4.92. The maximum absolute atomic E-state index is 3.58. The minimum Gasteiger partial charge on any atom is -0.316 e. The van der Waals surface area contributed by atoms with E-state index < -0.39 is 0 Å². The first kappa shape index (κ1) is 14.3. The highest BCUT2D eigenvalue weighted by molar-refractivity contribution is 4.91. The van der Waals surface area contributed by atoms with Crippen molar-refractivity contribution in [2.24, 2.45) is 5.41 Å². The maximum Gasteiger partial charge on any atom is 0.0220 e. The fourth-order valence-electron chi connectivity index (χ4n) is 3.91. The molecular weight excluding hydrogens is 222 g/mol. The Morgan fingerprint density at radius 1 is 1.44 bits per heavy atom. The fourth-order valence-corrected chi connectivity index (χ4v) is 3.91. The lowest BCUT2D eigenvalue weighted by Gasteiger charge is -2.40. The summed E-state index contributed by atoms with van der Waals surface area (Å²) in [6.07, 6.45) is 6.82. The Morgan fingerprint density at radius 2 is 2.28 bits per heavy atom. The van der Waals surface area contributed by atoms with Gasteiger partial charge in [-0.2, -0.15) is 0 Å². The van der Waals surface area contributed by atoms with E-state index in [4.69, 9.17) is 0 Å². The topological polar surface area (TPSA) is 18.5 Å². The Morgan fingerprint density at radius 3 is 2.89 bits per heavy atom. The summed E-state index contributed by atoms with van der Waals surface area (Å²) in [7, 11) is 4.61. The van der Waals surface area contributed by atoms with Crippen molar-refractivity contribution in [2.75, 3.05) is 46.8 Å². The van der Waals surface area contributed by atoms with Crippen LogP contribution in [0.3, 0.4) is 0 Å². The smallest absolute Gasteiger partial charge is 0.0220 e. The SMILES string of the molecule is CCCC1(CN(C)C2CCCN(C)C2)CCNC1. The number of rotatable bonds is 5. The van der Waals surface area contributed by atoms with Gasteiger partial charge in [-0.25, -0.2) is 0 Å². The van der Waals surface area contributed by atoms with Crippen LogP contribution in [-0.2, 0) is 0 Å². The average molecular weight is 253 g/mol. The number of nitrogens with one attached hydrogen (secondary N) is 1. The van der Waals surface area contributed by atoms with E-state index in [1.165, 1.54) is 64.8 Å². The van der Waals surface area contributed by atoms with Crippen LogP contribution in [0.15, 0.2) is 0 Å². The maximum atomic E-state index is 3.58. The molecule has 2 fully saturated rings. The van der Waals surface area contributed by atoms with Gasteiger partial charge in [-0.1, -0.05) is 13.3 Å². The summed E-state index contributed by atoms with van der Waals surface area (Å²) in [4.78, 5) is 5.14. The van der Waals surface area contributed by atoms with Crippen molar-refractivity contribution < 1.29 is 0 Å². The van der Waals surface area contributed by atoms with E-state index >= 15 is 0 Å². The summed E-state index contributed by atoms with van der Waals surface area (Å²) < 4.78 is 0. The van der Waals surface area contributed by atoms with Gasteiger partial charge in [0.15, 0.2) is 0 Å². The minimum atomic E-state index is 0.555. The predicted octanol–water partition coefficient (Wildman–Crippen LogP) is 1.79. The molecule has 2 atom stereocenters. The molecule has 18 heavy (non-hydrogen) atoms. The molecule has 0 bridgehead atoms. The second-order valence-electron chi connectivity index (χ2n) is 6.65. The quantitative estimate of drug-likeness (QED) is 0.806. The highest BCUT2D eigenvalue weighted by atomic mass is 15.2. The number of nitrogens with zero attached hydrogens (tertiary/aromatic N) is 2. The van der Waals surface area contributed by atoms with E-state index in [1.807, 2.05) is 0 Å². The van der Waals surface area contributed by atoms with Crippen LogP contribution in [0, 0.1) is 5.41 Å². The van der Waals surface area contributed by atoms with Crippen LogP contribution in [0.5, 0.6) is 0 Å². The van der Waals surface area contributed by atoms with Crippen molar-refractivity contribution in [1.82, 2.24) is 15.1 Å². The van der Waals surface area contributed by atoms with Crippen LogP contribution in [-0.4, -0.2) is 62.7 Å². The molecule has 0 radical (unpaired) electrons. The van der Waals surface area contributed by atoms with Gasteiger partial charge in [0.05, 0.1) is 0 Å². The molecule has 3 heteroatoms. The fraction of sp³-hybridized carbons (Fsp3) is 1.00. The third kappa shape index (κ3) is 3.46. The molecule has 0 spiro atoms. The molecule has 2 rings (SSSR count). The molecule has 0 aromatic rings. The van der Waals surface area contributed by atoms with Crippen LogP contribution >= 0.6 is 0 Å². The van der Waals surface area contributed by atoms with E-state index in [2.05, 4.69) is 36.1 Å². The summed E-state index contributed by atoms with van der Waals surface area (Å²) in [5.41, 5.74) is 0.555. The molecular formula is C15H31N3. The lowest BCUT2D eigenvalue weighted by molar-refractivity contribution is 0.0888. The lowest BCUT2D eigenvalue weighted by atomic mass is 9.81. The van der Waals surface area contributed by atoms with Gasteiger partial charge < -0.3 is 15.1 Å². The molecule has 0 aromatic carbocycles. The van der Waals surface area contributed by atoms with E-state index in [9.17, 15) is 0 Å². The zero-order chi connectivity index (χ0) is 13.0. The van der Waals surface area contributed by atoms with Gasteiger partial charge in [0.2, 0.25) is 0 Å². The van der Waals surface area contributed by atoms with Gasteiger partial charge in [-0.05, 0) is 58.3 Å². The van der Waals surface area contributed by atoms with Crippen molar-refractivity contribution in [1.29, 1.82) is 0 Å². The first-order valence-corrected chi connectivity index (χ1v) is 7.75. The van der Waals surface area contributed by atoms with E-state index in [1.54, 1.807) is 0 Å². The number of hydrogen-bond acceptors (Lipinski definition) is 3. The zero-order valence-corrected chi connectivity index (χ0v) is 12.5. The first-order valence-electron chi connectivity index (χ1n) is 7.75. The molecule has 2 saturated heterocycles. The molecule has 2 aliphatic rings. The average Bonchev–Trinajstić information content (AvgIpc) is 2.78. The molecule has 1 N–H and O–H groups in total. The number of hydrogen-bond donors (Lipinski definition) is 1. The Hall–Kier alpha value is -0.120. The Kier molecular flexibility index (Phi) is 5.05. The molecule has 0 saturated carbocycles. The van der Waals surface area contributed by atoms with E-state index in [0.29, 0.717) is 5.41 Å². The third-order valence-electron chi connectivity index (χ3n) is 4.92. The molecule has 106 valence electrons. The largest absolute Gasteiger partial charge is 0.316 e. The van der Waals surface area contributed by atoms with Crippen LogP contribution < -0.4 is 5.32 Å². The van der Waals surface area contributed by atoms with Crippen molar-refractivity contribution in [3.8, 4) is 0 Å². The molecule has 2 unspecified atom stereocenters. The molecule has 3 nitrogen and oxygen atoms in total. The highest BCUT2D eigenvalue weighted by Crippen LogP contribution is 2.32. The molecule has 2 heterocycles. The Bertz CT molecular complexity index is 248. The van der Waals surface area contributed by atoms with Crippen molar-refractivity contribution >= 4 is 0 Å². The van der Waals surface area contributed by atoms with E-state index in [-0.39, 0.29) is 0 Å². The van der Waals surface area contributed by atoms with E-state index in [0.717, 1.165) is 6.04 Å². The normalized spacial score (nSPS) is 34.3. The van der Waals surface area contributed by atoms with Gasteiger partial charge >= 0.3 is 0 Å². The second-order valence-corrected chi connectivity index (χ2v) is 6.65. The lowest BCUT2D eigenvalue weighted by Crippen LogP contribution is -2.49. The van der Waals surface area contributed by atoms with Crippen LogP contribution in [0.1, 0.15) is 39.0 Å². The van der Waals surface area contributed by atoms with Crippen LogP contribution in [0.2, 0.25) is 0 Å². The molecule has 2 aliphatic heterocycles. The number of likely N-dealkylation sites (tertiary alicyclic amines) is 1. The summed E-state index contributed by atoms with van der Waals surface area (Å²) in [6, 6.07) is 0.776. The highest BCUT2D eigenvalue weighted by Gasteiger charge is 2.35. The predicted molar refractivity (Wildman–Crippen MR) is 78.0 cm³/mol. The van der Waals surface area contributed by atoms with Crippen LogP contribution in [0.25, 0.3) is 0 Å². The second kappa shape index (κ2) is 6.36. The van der Waals surface area contributed by atoms with Crippen molar-refractivity contribution in [3.63, 3.8) is 0 Å². The monoisotopic (exact) mass is 253 g/mol. The number of likely N-dealkylation sites (N-methyl/N-ethyl adjacent to an activating group) is 2. The first-order chi connectivity index (χ1) is 8.65. The van der Waals surface area contributed by atoms with Gasteiger partial charge in [0.25, 0.3) is 0 Å². The molecule has 0 aromatic heterocycles. The summed E-state index contributed by atoms with van der Waals surface area (Å²) in [5.74, 6) is 0. The van der Waals surface area contributed by atoms with Gasteiger partial charge in [0.1, 0.15) is 0 Å². The molecule has 0 aliphatic carbocycles. The molecule has 0 amide bonds. The summed E-state index contributed by atoms with van der Waals surface area (Å²) in [6.45, 7) is 8.60.